The lowest BCUT2D eigenvalue weighted by atomic mass is 10.1. The summed E-state index contributed by atoms with van der Waals surface area (Å²) in [6.45, 7) is 5.67. The topological polar surface area (TPSA) is 52.6 Å². The van der Waals surface area contributed by atoms with Crippen molar-refractivity contribution in [2.24, 2.45) is 0 Å². The SMILES string of the molecule is CC(O)CC(C)NCC(=O)N1CCc2sccc2C1. The largest absolute Gasteiger partial charge is 0.393 e. The highest BCUT2D eigenvalue weighted by Gasteiger charge is 2.21. The van der Waals surface area contributed by atoms with E-state index in [9.17, 15) is 9.90 Å². The summed E-state index contributed by atoms with van der Waals surface area (Å²) in [5, 5.41) is 14.6. The third kappa shape index (κ3) is 4.03. The van der Waals surface area contributed by atoms with Gasteiger partial charge in [0.25, 0.3) is 0 Å². The van der Waals surface area contributed by atoms with Gasteiger partial charge in [0, 0.05) is 24.0 Å². The quantitative estimate of drug-likeness (QED) is 0.858. The van der Waals surface area contributed by atoms with Crippen LogP contribution in [0.1, 0.15) is 30.7 Å². The van der Waals surface area contributed by atoms with Gasteiger partial charge in [-0.25, -0.2) is 0 Å². The van der Waals surface area contributed by atoms with Crippen LogP contribution in [0.5, 0.6) is 0 Å². The summed E-state index contributed by atoms with van der Waals surface area (Å²) in [5.41, 5.74) is 1.29. The second-order valence-corrected chi connectivity index (χ2v) is 6.30. The Bertz CT molecular complexity index is 431. The maximum absolute atomic E-state index is 12.1. The molecule has 1 amide bonds. The molecule has 1 aliphatic heterocycles. The standard InChI is InChI=1S/C14H22N2O2S/c1-10(7-11(2)17)15-8-14(18)16-5-3-13-12(9-16)4-6-19-13/h4,6,10-11,15,17H,3,5,7-9H2,1-2H3. The molecule has 19 heavy (non-hydrogen) atoms. The fourth-order valence-electron chi connectivity index (χ4n) is 2.43. The van der Waals surface area contributed by atoms with Gasteiger partial charge in [-0.15, -0.1) is 11.3 Å². The molecule has 2 atom stereocenters. The van der Waals surface area contributed by atoms with Gasteiger partial charge in [-0.05, 0) is 43.7 Å². The van der Waals surface area contributed by atoms with Crippen LogP contribution >= 0.6 is 11.3 Å². The van der Waals surface area contributed by atoms with Crippen LogP contribution in [-0.2, 0) is 17.8 Å². The van der Waals surface area contributed by atoms with Gasteiger partial charge in [-0.2, -0.15) is 0 Å². The predicted molar refractivity (Wildman–Crippen MR) is 77.2 cm³/mol. The summed E-state index contributed by atoms with van der Waals surface area (Å²) in [4.78, 5) is 15.5. The van der Waals surface area contributed by atoms with Crippen LogP contribution in [-0.4, -0.2) is 41.1 Å². The van der Waals surface area contributed by atoms with Crippen molar-refractivity contribution < 1.29 is 9.90 Å². The lowest BCUT2D eigenvalue weighted by molar-refractivity contribution is -0.131. The highest BCUT2D eigenvalue weighted by atomic mass is 32.1. The number of carbonyl (C=O) groups excluding carboxylic acids is 1. The molecule has 4 nitrogen and oxygen atoms in total. The molecule has 0 saturated carbocycles. The molecule has 0 saturated heterocycles. The first-order valence-electron chi connectivity index (χ1n) is 6.80. The molecule has 0 spiro atoms. The van der Waals surface area contributed by atoms with Gasteiger partial charge < -0.3 is 15.3 Å². The van der Waals surface area contributed by atoms with E-state index in [1.807, 2.05) is 11.8 Å². The molecule has 2 heterocycles. The van der Waals surface area contributed by atoms with Crippen LogP contribution < -0.4 is 5.32 Å². The van der Waals surface area contributed by atoms with Crippen molar-refractivity contribution in [3.8, 4) is 0 Å². The minimum absolute atomic E-state index is 0.147. The summed E-state index contributed by atoms with van der Waals surface area (Å²) in [5.74, 6) is 0.147. The van der Waals surface area contributed by atoms with Crippen LogP contribution in [0.2, 0.25) is 0 Å². The van der Waals surface area contributed by atoms with Crippen molar-refractivity contribution in [1.29, 1.82) is 0 Å². The lowest BCUT2D eigenvalue weighted by Gasteiger charge is -2.27. The minimum Gasteiger partial charge on any atom is -0.393 e. The van der Waals surface area contributed by atoms with E-state index in [-0.39, 0.29) is 18.1 Å². The smallest absolute Gasteiger partial charge is 0.236 e. The molecule has 0 fully saturated rings. The van der Waals surface area contributed by atoms with Crippen LogP contribution in [0, 0.1) is 0 Å². The Kier molecular flexibility index (Phi) is 4.96. The molecule has 0 radical (unpaired) electrons. The molecule has 1 aromatic heterocycles. The number of aliphatic hydroxyl groups is 1. The number of rotatable bonds is 5. The molecule has 2 rings (SSSR count). The van der Waals surface area contributed by atoms with Gasteiger partial charge in [0.1, 0.15) is 0 Å². The molecule has 1 aromatic rings. The van der Waals surface area contributed by atoms with Gasteiger partial charge in [0.05, 0.1) is 12.6 Å². The molecule has 0 aliphatic carbocycles. The summed E-state index contributed by atoms with van der Waals surface area (Å²) in [7, 11) is 0. The second-order valence-electron chi connectivity index (χ2n) is 5.30. The molecule has 5 heteroatoms. The van der Waals surface area contributed by atoms with Crippen molar-refractivity contribution in [3.63, 3.8) is 0 Å². The van der Waals surface area contributed by atoms with Gasteiger partial charge in [0.2, 0.25) is 5.91 Å². The molecule has 2 N–H and O–H groups in total. The maximum Gasteiger partial charge on any atom is 0.236 e. The highest BCUT2D eigenvalue weighted by molar-refractivity contribution is 7.10. The molecule has 0 aromatic carbocycles. The summed E-state index contributed by atoms with van der Waals surface area (Å²) < 4.78 is 0. The van der Waals surface area contributed by atoms with Crippen molar-refractivity contribution in [3.05, 3.63) is 21.9 Å². The summed E-state index contributed by atoms with van der Waals surface area (Å²) >= 11 is 1.78. The number of fused-ring (bicyclic) bond motifs is 1. The van der Waals surface area contributed by atoms with E-state index in [0.29, 0.717) is 13.0 Å². The number of hydrogen-bond donors (Lipinski definition) is 2. The van der Waals surface area contributed by atoms with Gasteiger partial charge in [0.15, 0.2) is 0 Å². The first-order valence-corrected chi connectivity index (χ1v) is 7.68. The summed E-state index contributed by atoms with van der Waals surface area (Å²) in [6, 6.07) is 2.27. The Hall–Kier alpha value is -0.910. The molecule has 1 aliphatic rings. The number of hydrogen-bond acceptors (Lipinski definition) is 4. The maximum atomic E-state index is 12.1. The number of nitrogens with zero attached hydrogens (tertiary/aromatic N) is 1. The van der Waals surface area contributed by atoms with Crippen molar-refractivity contribution in [2.75, 3.05) is 13.1 Å². The number of carbonyl (C=O) groups is 1. The van der Waals surface area contributed by atoms with E-state index < -0.39 is 0 Å². The normalized spacial score (nSPS) is 17.9. The van der Waals surface area contributed by atoms with Crippen LogP contribution in [0.15, 0.2) is 11.4 Å². The Morgan fingerprint density at radius 2 is 2.37 bits per heavy atom. The van der Waals surface area contributed by atoms with E-state index in [1.54, 1.807) is 18.3 Å². The van der Waals surface area contributed by atoms with Crippen molar-refractivity contribution >= 4 is 17.2 Å². The van der Waals surface area contributed by atoms with Crippen LogP contribution in [0.25, 0.3) is 0 Å². The highest BCUT2D eigenvalue weighted by Crippen LogP contribution is 2.23. The number of thiophene rings is 1. The zero-order valence-corrected chi connectivity index (χ0v) is 12.4. The fourth-order valence-corrected chi connectivity index (χ4v) is 3.32. The third-order valence-electron chi connectivity index (χ3n) is 3.46. The lowest BCUT2D eigenvalue weighted by Crippen LogP contribution is -2.43. The zero-order chi connectivity index (χ0) is 13.8. The van der Waals surface area contributed by atoms with Gasteiger partial charge >= 0.3 is 0 Å². The predicted octanol–water partition coefficient (Wildman–Crippen LogP) is 1.38. The molecular weight excluding hydrogens is 260 g/mol. The Morgan fingerprint density at radius 1 is 1.58 bits per heavy atom. The third-order valence-corrected chi connectivity index (χ3v) is 4.48. The van der Waals surface area contributed by atoms with Crippen LogP contribution in [0.4, 0.5) is 0 Å². The van der Waals surface area contributed by atoms with Gasteiger partial charge in [-0.3, -0.25) is 4.79 Å². The number of amides is 1. The molecule has 106 valence electrons. The zero-order valence-electron chi connectivity index (χ0n) is 11.6. The molecule has 2 unspecified atom stereocenters. The van der Waals surface area contributed by atoms with E-state index in [0.717, 1.165) is 19.5 Å². The average molecular weight is 282 g/mol. The first kappa shape index (κ1) is 14.5. The van der Waals surface area contributed by atoms with E-state index >= 15 is 0 Å². The summed E-state index contributed by atoms with van der Waals surface area (Å²) in [6.07, 6.45) is 1.31. The van der Waals surface area contributed by atoms with Crippen LogP contribution in [0.3, 0.4) is 0 Å². The average Bonchev–Trinajstić information content (AvgIpc) is 2.82. The monoisotopic (exact) mass is 282 g/mol. The van der Waals surface area contributed by atoms with Crippen molar-refractivity contribution in [2.45, 2.75) is 45.4 Å². The second kappa shape index (κ2) is 6.50. The Balaban J connectivity index is 1.78. The fraction of sp³-hybridized carbons (Fsp3) is 0.643. The van der Waals surface area contributed by atoms with E-state index in [4.69, 9.17) is 0 Å². The molecular formula is C14H22N2O2S. The molecule has 0 bridgehead atoms. The first-order chi connectivity index (χ1) is 9.06. The Labute approximate surface area is 118 Å². The minimum atomic E-state index is -0.332. The van der Waals surface area contributed by atoms with Crippen molar-refractivity contribution in [1.82, 2.24) is 10.2 Å². The van der Waals surface area contributed by atoms with E-state index in [1.165, 1.54) is 10.4 Å². The number of aliphatic hydroxyl groups excluding tert-OH is 1. The van der Waals surface area contributed by atoms with E-state index in [2.05, 4.69) is 16.8 Å². The van der Waals surface area contributed by atoms with Gasteiger partial charge in [-0.1, -0.05) is 0 Å². The number of nitrogens with one attached hydrogen (secondary N) is 1. The Morgan fingerprint density at radius 3 is 3.11 bits per heavy atom.